The Labute approximate surface area is 87.0 Å². The van der Waals surface area contributed by atoms with Crippen LogP contribution in [0.3, 0.4) is 0 Å². The highest BCUT2D eigenvalue weighted by molar-refractivity contribution is 7.99. The third kappa shape index (κ3) is 2.84. The monoisotopic (exact) mass is 220 g/mol. The molecule has 1 aromatic rings. The maximum atomic E-state index is 5.91. The first-order valence-corrected chi connectivity index (χ1v) is 5.80. The Balaban J connectivity index is 2.70. The maximum absolute atomic E-state index is 5.91. The minimum absolute atomic E-state index is 0.135. The van der Waals surface area contributed by atoms with E-state index in [1.807, 2.05) is 6.92 Å². The second kappa shape index (κ2) is 4.81. The fraction of sp³-hybridized carbons (Fsp3) is 0.857. The number of hydrogen-bond acceptors (Lipinski definition) is 4. The van der Waals surface area contributed by atoms with E-state index < -0.39 is 0 Å². The summed E-state index contributed by atoms with van der Waals surface area (Å²) in [6, 6.07) is 0. The van der Waals surface area contributed by atoms with Gasteiger partial charge in [-0.3, -0.25) is 0 Å². The quantitative estimate of drug-likeness (QED) is 0.725. The lowest BCUT2D eigenvalue weighted by atomic mass is 10.4. The van der Waals surface area contributed by atoms with Crippen molar-refractivity contribution in [3.05, 3.63) is 5.82 Å². The van der Waals surface area contributed by atoms with E-state index in [0.29, 0.717) is 5.25 Å². The fourth-order valence-electron chi connectivity index (χ4n) is 0.945. The molecule has 0 N–H and O–H groups in total. The molecule has 1 aromatic heterocycles. The minimum Gasteiger partial charge on any atom is -0.227 e. The van der Waals surface area contributed by atoms with E-state index in [0.717, 1.165) is 12.4 Å². The molecule has 0 saturated carbocycles. The molecule has 2 atom stereocenters. The van der Waals surface area contributed by atoms with Crippen LogP contribution in [0.2, 0.25) is 0 Å². The number of thioether (sulfide) groups is 1. The summed E-state index contributed by atoms with van der Waals surface area (Å²) in [5, 5.41) is 11.7. The van der Waals surface area contributed by atoms with Crippen molar-refractivity contribution in [1.29, 1.82) is 0 Å². The zero-order valence-corrected chi connectivity index (χ0v) is 9.51. The first-order valence-electron chi connectivity index (χ1n) is 4.08. The first-order chi connectivity index (χ1) is 6.15. The maximum Gasteiger partial charge on any atom is 0.168 e. The number of tetrazole rings is 1. The average Bonchev–Trinajstić information content (AvgIpc) is 2.52. The van der Waals surface area contributed by atoms with Gasteiger partial charge in [-0.25, -0.2) is 4.68 Å². The summed E-state index contributed by atoms with van der Waals surface area (Å²) in [5.74, 6) is 0.738. The molecule has 0 saturated heterocycles. The SMILES string of the molecule is CSC(C)Cn1nnnc1C(C)Cl. The Morgan fingerprint density at radius 1 is 1.54 bits per heavy atom. The highest BCUT2D eigenvalue weighted by Gasteiger charge is 2.13. The molecule has 0 aliphatic heterocycles. The lowest BCUT2D eigenvalue weighted by Gasteiger charge is -2.09. The molecule has 13 heavy (non-hydrogen) atoms. The second-order valence-corrected chi connectivity index (χ2v) is 4.81. The van der Waals surface area contributed by atoms with Crippen LogP contribution in [0.4, 0.5) is 0 Å². The summed E-state index contributed by atoms with van der Waals surface area (Å²) in [7, 11) is 0. The van der Waals surface area contributed by atoms with Crippen LogP contribution in [0.15, 0.2) is 0 Å². The van der Waals surface area contributed by atoms with Crippen LogP contribution in [0.5, 0.6) is 0 Å². The number of nitrogens with zero attached hydrogens (tertiary/aromatic N) is 4. The van der Waals surface area contributed by atoms with Gasteiger partial charge in [0.2, 0.25) is 0 Å². The zero-order valence-electron chi connectivity index (χ0n) is 7.94. The van der Waals surface area contributed by atoms with Gasteiger partial charge in [0.25, 0.3) is 0 Å². The Hall–Kier alpha value is -0.290. The molecule has 74 valence electrons. The van der Waals surface area contributed by atoms with Gasteiger partial charge in [0.1, 0.15) is 0 Å². The molecule has 0 aromatic carbocycles. The van der Waals surface area contributed by atoms with Gasteiger partial charge in [0, 0.05) is 5.25 Å². The van der Waals surface area contributed by atoms with E-state index in [4.69, 9.17) is 11.6 Å². The molecule has 2 unspecified atom stereocenters. The van der Waals surface area contributed by atoms with Crippen molar-refractivity contribution in [1.82, 2.24) is 20.2 Å². The van der Waals surface area contributed by atoms with Gasteiger partial charge in [-0.1, -0.05) is 6.92 Å². The zero-order chi connectivity index (χ0) is 9.84. The predicted molar refractivity (Wildman–Crippen MR) is 55.1 cm³/mol. The highest BCUT2D eigenvalue weighted by atomic mass is 35.5. The highest BCUT2D eigenvalue weighted by Crippen LogP contribution is 2.17. The van der Waals surface area contributed by atoms with Crippen LogP contribution in [-0.2, 0) is 6.54 Å². The standard InChI is InChI=1S/C7H13ClN4S/c1-5(13-3)4-12-7(6(2)8)9-10-11-12/h5-6H,4H2,1-3H3. The van der Waals surface area contributed by atoms with Crippen LogP contribution in [0.25, 0.3) is 0 Å². The van der Waals surface area contributed by atoms with Gasteiger partial charge in [0.05, 0.1) is 11.9 Å². The Bertz CT molecular complexity index is 263. The third-order valence-corrected chi connectivity index (χ3v) is 2.90. The Kier molecular flexibility index (Phi) is 3.99. The summed E-state index contributed by atoms with van der Waals surface area (Å²) in [6.07, 6.45) is 2.07. The normalized spacial score (nSPS) is 15.7. The second-order valence-electron chi connectivity index (χ2n) is 2.88. The molecular weight excluding hydrogens is 208 g/mol. The molecule has 0 amide bonds. The molecule has 0 radical (unpaired) electrons. The van der Waals surface area contributed by atoms with Crippen LogP contribution in [0, 0.1) is 0 Å². The fourth-order valence-corrected chi connectivity index (χ4v) is 1.39. The number of hydrogen-bond donors (Lipinski definition) is 0. The Morgan fingerprint density at radius 3 is 2.77 bits per heavy atom. The van der Waals surface area contributed by atoms with Crippen molar-refractivity contribution >= 4 is 23.4 Å². The number of halogens is 1. The van der Waals surface area contributed by atoms with Gasteiger partial charge in [0.15, 0.2) is 5.82 Å². The van der Waals surface area contributed by atoms with Gasteiger partial charge in [-0.05, 0) is 23.6 Å². The summed E-state index contributed by atoms with van der Waals surface area (Å²) in [4.78, 5) is 0. The number of aromatic nitrogens is 4. The van der Waals surface area contributed by atoms with E-state index >= 15 is 0 Å². The lowest BCUT2D eigenvalue weighted by molar-refractivity contribution is 0.563. The van der Waals surface area contributed by atoms with Crippen molar-refractivity contribution in [2.75, 3.05) is 6.26 Å². The molecule has 0 spiro atoms. The lowest BCUT2D eigenvalue weighted by Crippen LogP contribution is -2.13. The van der Waals surface area contributed by atoms with E-state index in [1.54, 1.807) is 16.4 Å². The van der Waals surface area contributed by atoms with E-state index in [1.165, 1.54) is 0 Å². The smallest absolute Gasteiger partial charge is 0.168 e. The number of alkyl halides is 1. The summed E-state index contributed by atoms with van der Waals surface area (Å²) >= 11 is 7.69. The van der Waals surface area contributed by atoms with Crippen LogP contribution < -0.4 is 0 Å². The molecule has 4 nitrogen and oxygen atoms in total. The van der Waals surface area contributed by atoms with Gasteiger partial charge in [-0.2, -0.15) is 11.8 Å². The molecule has 0 fully saturated rings. The molecule has 0 aliphatic carbocycles. The van der Waals surface area contributed by atoms with Crippen LogP contribution >= 0.6 is 23.4 Å². The van der Waals surface area contributed by atoms with Crippen molar-refractivity contribution < 1.29 is 0 Å². The molecule has 0 bridgehead atoms. The van der Waals surface area contributed by atoms with E-state index in [9.17, 15) is 0 Å². The summed E-state index contributed by atoms with van der Waals surface area (Å²) in [6.45, 7) is 4.81. The third-order valence-electron chi connectivity index (χ3n) is 1.75. The molecule has 1 heterocycles. The van der Waals surface area contributed by atoms with E-state index in [-0.39, 0.29) is 5.38 Å². The van der Waals surface area contributed by atoms with Crippen LogP contribution in [0.1, 0.15) is 25.0 Å². The topological polar surface area (TPSA) is 43.6 Å². The largest absolute Gasteiger partial charge is 0.227 e. The van der Waals surface area contributed by atoms with Crippen molar-refractivity contribution in [2.45, 2.75) is 31.0 Å². The summed E-state index contributed by atoms with van der Waals surface area (Å²) in [5.41, 5.74) is 0. The summed E-state index contributed by atoms with van der Waals surface area (Å²) < 4.78 is 1.76. The van der Waals surface area contributed by atoms with Crippen LogP contribution in [-0.4, -0.2) is 31.7 Å². The van der Waals surface area contributed by atoms with Crippen molar-refractivity contribution in [3.8, 4) is 0 Å². The molecule has 6 heteroatoms. The Morgan fingerprint density at radius 2 is 2.23 bits per heavy atom. The van der Waals surface area contributed by atoms with Gasteiger partial charge >= 0.3 is 0 Å². The molecule has 0 aliphatic rings. The average molecular weight is 221 g/mol. The predicted octanol–water partition coefficient (Wildman–Crippen LogP) is 1.72. The van der Waals surface area contributed by atoms with Crippen molar-refractivity contribution in [2.24, 2.45) is 0 Å². The van der Waals surface area contributed by atoms with Crippen molar-refractivity contribution in [3.63, 3.8) is 0 Å². The molecular formula is C7H13ClN4S. The van der Waals surface area contributed by atoms with E-state index in [2.05, 4.69) is 28.7 Å². The minimum atomic E-state index is -0.135. The van der Waals surface area contributed by atoms with Gasteiger partial charge in [-0.15, -0.1) is 16.7 Å². The first kappa shape index (κ1) is 10.8. The number of rotatable bonds is 4. The van der Waals surface area contributed by atoms with Gasteiger partial charge < -0.3 is 0 Å². The molecule has 1 rings (SSSR count).